The molecule has 0 spiro atoms. The van der Waals surface area contributed by atoms with Gasteiger partial charge in [0, 0.05) is 13.5 Å². The highest BCUT2D eigenvalue weighted by molar-refractivity contribution is 5.28. The molecule has 1 rings (SSSR count). The van der Waals surface area contributed by atoms with Crippen molar-refractivity contribution in [2.24, 2.45) is 0 Å². The lowest BCUT2D eigenvalue weighted by Gasteiger charge is -2.26. The molecule has 1 unspecified atom stereocenters. The Kier molecular flexibility index (Phi) is 4.33. The molecule has 0 heterocycles. The smallest absolute Gasteiger partial charge is 0.118 e. The molecular weight excluding hydrogens is 204 g/mol. The molecule has 1 aromatic rings. The molecule has 0 aliphatic carbocycles. The number of aliphatic hydroxyl groups excluding tert-OH is 1. The first-order valence-corrected chi connectivity index (χ1v) is 5.35. The molecule has 1 atom stereocenters. The quantitative estimate of drug-likeness (QED) is 0.835. The van der Waals surface area contributed by atoms with E-state index in [1.54, 1.807) is 14.2 Å². The zero-order valence-electron chi connectivity index (χ0n) is 10.4. The minimum Gasteiger partial charge on any atom is -0.497 e. The number of rotatable bonds is 5. The van der Waals surface area contributed by atoms with E-state index in [-0.39, 0.29) is 5.60 Å². The third-order valence-electron chi connectivity index (χ3n) is 2.74. The first kappa shape index (κ1) is 13.0. The summed E-state index contributed by atoms with van der Waals surface area (Å²) >= 11 is 0. The molecule has 0 aliphatic heterocycles. The van der Waals surface area contributed by atoms with Gasteiger partial charge in [-0.15, -0.1) is 0 Å². The monoisotopic (exact) mass is 224 g/mol. The predicted molar refractivity (Wildman–Crippen MR) is 63.7 cm³/mol. The van der Waals surface area contributed by atoms with E-state index in [1.807, 2.05) is 38.1 Å². The topological polar surface area (TPSA) is 38.7 Å². The van der Waals surface area contributed by atoms with Crippen LogP contribution in [0.25, 0.3) is 0 Å². The molecule has 3 heteroatoms. The van der Waals surface area contributed by atoms with Gasteiger partial charge < -0.3 is 14.6 Å². The third-order valence-corrected chi connectivity index (χ3v) is 2.74. The van der Waals surface area contributed by atoms with Gasteiger partial charge in [0.15, 0.2) is 0 Å². The summed E-state index contributed by atoms with van der Waals surface area (Å²) < 4.78 is 10.4. The molecule has 1 N–H and O–H groups in total. The van der Waals surface area contributed by atoms with Crippen molar-refractivity contribution in [3.8, 4) is 5.75 Å². The molecule has 0 aliphatic rings. The Morgan fingerprint density at radius 1 is 1.19 bits per heavy atom. The second kappa shape index (κ2) is 5.32. The lowest BCUT2D eigenvalue weighted by molar-refractivity contribution is -0.0201. The van der Waals surface area contributed by atoms with Crippen molar-refractivity contribution in [1.82, 2.24) is 0 Å². The molecule has 0 fully saturated rings. The number of ether oxygens (including phenoxy) is 2. The summed E-state index contributed by atoms with van der Waals surface area (Å²) in [4.78, 5) is 0. The summed E-state index contributed by atoms with van der Waals surface area (Å²) in [5, 5.41) is 10.0. The molecule has 1 aromatic carbocycles. The maximum atomic E-state index is 10.0. The molecule has 0 radical (unpaired) electrons. The number of methoxy groups -OCH3 is 2. The summed E-state index contributed by atoms with van der Waals surface area (Å²) in [7, 11) is 3.28. The van der Waals surface area contributed by atoms with Crippen molar-refractivity contribution in [2.45, 2.75) is 32.0 Å². The van der Waals surface area contributed by atoms with Crippen LogP contribution in [0.1, 0.15) is 31.9 Å². The van der Waals surface area contributed by atoms with Crippen LogP contribution in [-0.4, -0.2) is 24.9 Å². The average molecular weight is 224 g/mol. The number of aliphatic hydroxyl groups is 1. The van der Waals surface area contributed by atoms with Crippen LogP contribution in [0.3, 0.4) is 0 Å². The highest BCUT2D eigenvalue weighted by Gasteiger charge is 2.22. The van der Waals surface area contributed by atoms with Gasteiger partial charge in [-0.25, -0.2) is 0 Å². The summed E-state index contributed by atoms with van der Waals surface area (Å²) in [6, 6.07) is 7.43. The zero-order chi connectivity index (χ0) is 12.2. The fourth-order valence-electron chi connectivity index (χ4n) is 1.49. The zero-order valence-corrected chi connectivity index (χ0v) is 10.4. The molecule has 90 valence electrons. The van der Waals surface area contributed by atoms with Crippen molar-refractivity contribution in [3.05, 3.63) is 29.8 Å². The number of hydrogen-bond acceptors (Lipinski definition) is 3. The van der Waals surface area contributed by atoms with Crippen molar-refractivity contribution in [1.29, 1.82) is 0 Å². The van der Waals surface area contributed by atoms with Gasteiger partial charge in [0.2, 0.25) is 0 Å². The van der Waals surface area contributed by atoms with Crippen LogP contribution in [0.15, 0.2) is 24.3 Å². The summed E-state index contributed by atoms with van der Waals surface area (Å²) in [6.45, 7) is 3.92. The first-order valence-electron chi connectivity index (χ1n) is 5.35. The molecule has 3 nitrogen and oxygen atoms in total. The second-order valence-corrected chi connectivity index (χ2v) is 4.46. The highest BCUT2D eigenvalue weighted by atomic mass is 16.5. The fourth-order valence-corrected chi connectivity index (χ4v) is 1.49. The molecule has 0 saturated carbocycles. The van der Waals surface area contributed by atoms with Gasteiger partial charge in [0.25, 0.3) is 0 Å². The molecule has 16 heavy (non-hydrogen) atoms. The maximum absolute atomic E-state index is 10.0. The number of benzene rings is 1. The van der Waals surface area contributed by atoms with E-state index in [2.05, 4.69) is 0 Å². The van der Waals surface area contributed by atoms with Gasteiger partial charge >= 0.3 is 0 Å². The fraction of sp³-hybridized carbons (Fsp3) is 0.538. The molecule has 0 bridgehead atoms. The minimum absolute atomic E-state index is 0.320. The van der Waals surface area contributed by atoms with Gasteiger partial charge in [0.05, 0.1) is 18.8 Å². The van der Waals surface area contributed by atoms with Gasteiger partial charge in [-0.1, -0.05) is 12.1 Å². The Bertz CT molecular complexity index is 316. The lowest BCUT2D eigenvalue weighted by Crippen LogP contribution is -2.25. The summed E-state index contributed by atoms with van der Waals surface area (Å²) in [5.74, 6) is 0.793. The SMILES string of the molecule is COc1ccc(C(O)CC(C)(C)OC)cc1. The van der Waals surface area contributed by atoms with Crippen molar-refractivity contribution >= 4 is 0 Å². The average Bonchev–Trinajstić information content (AvgIpc) is 2.28. The lowest BCUT2D eigenvalue weighted by atomic mass is 9.96. The van der Waals surface area contributed by atoms with Crippen molar-refractivity contribution in [2.75, 3.05) is 14.2 Å². The Morgan fingerprint density at radius 2 is 1.75 bits per heavy atom. The van der Waals surface area contributed by atoms with Gasteiger partial charge in [-0.2, -0.15) is 0 Å². The van der Waals surface area contributed by atoms with Crippen LogP contribution < -0.4 is 4.74 Å². The normalized spacial score (nSPS) is 13.6. The Labute approximate surface area is 97.0 Å². The van der Waals surface area contributed by atoms with E-state index in [1.165, 1.54) is 0 Å². The van der Waals surface area contributed by atoms with Crippen LogP contribution in [-0.2, 0) is 4.74 Å². The van der Waals surface area contributed by atoms with E-state index < -0.39 is 6.10 Å². The summed E-state index contributed by atoms with van der Waals surface area (Å²) in [5.41, 5.74) is 0.560. The first-order chi connectivity index (χ1) is 7.48. The largest absolute Gasteiger partial charge is 0.497 e. The van der Waals surface area contributed by atoms with E-state index in [0.717, 1.165) is 11.3 Å². The standard InChI is InChI=1S/C13H20O3/c1-13(2,16-4)9-12(14)10-5-7-11(15-3)8-6-10/h5-8,12,14H,9H2,1-4H3. The highest BCUT2D eigenvalue weighted by Crippen LogP contribution is 2.26. The van der Waals surface area contributed by atoms with Crippen LogP contribution in [0.5, 0.6) is 5.75 Å². The van der Waals surface area contributed by atoms with E-state index in [9.17, 15) is 5.11 Å². The van der Waals surface area contributed by atoms with Crippen LogP contribution in [0.4, 0.5) is 0 Å². The van der Waals surface area contributed by atoms with Crippen molar-refractivity contribution < 1.29 is 14.6 Å². The van der Waals surface area contributed by atoms with Crippen LogP contribution in [0, 0.1) is 0 Å². The molecular formula is C13H20O3. The third kappa shape index (κ3) is 3.51. The molecule has 0 amide bonds. The van der Waals surface area contributed by atoms with Gasteiger partial charge in [0.1, 0.15) is 5.75 Å². The Morgan fingerprint density at radius 3 is 2.19 bits per heavy atom. The van der Waals surface area contributed by atoms with E-state index in [0.29, 0.717) is 6.42 Å². The van der Waals surface area contributed by atoms with E-state index >= 15 is 0 Å². The van der Waals surface area contributed by atoms with Crippen LogP contribution in [0.2, 0.25) is 0 Å². The Hall–Kier alpha value is -1.06. The van der Waals surface area contributed by atoms with Crippen molar-refractivity contribution in [3.63, 3.8) is 0 Å². The number of hydrogen-bond donors (Lipinski definition) is 1. The molecule has 0 aromatic heterocycles. The van der Waals surface area contributed by atoms with E-state index in [4.69, 9.17) is 9.47 Å². The van der Waals surface area contributed by atoms with Crippen LogP contribution >= 0.6 is 0 Å². The Balaban J connectivity index is 2.69. The predicted octanol–water partition coefficient (Wildman–Crippen LogP) is 2.54. The maximum Gasteiger partial charge on any atom is 0.118 e. The second-order valence-electron chi connectivity index (χ2n) is 4.46. The van der Waals surface area contributed by atoms with Gasteiger partial charge in [-0.05, 0) is 31.5 Å². The summed E-state index contributed by atoms with van der Waals surface area (Å²) in [6.07, 6.45) is 0.0522. The molecule has 0 saturated heterocycles. The minimum atomic E-state index is -0.513. The van der Waals surface area contributed by atoms with Gasteiger partial charge in [-0.3, -0.25) is 0 Å².